The average molecular weight is 468 g/mol. The maximum Gasteiger partial charge on any atom is 0.275 e. The quantitative estimate of drug-likeness (QED) is 0.602. The number of benzene rings is 1. The van der Waals surface area contributed by atoms with E-state index in [1.54, 1.807) is 23.2 Å². The fourth-order valence-electron chi connectivity index (χ4n) is 3.44. The molecule has 0 saturated carbocycles. The van der Waals surface area contributed by atoms with E-state index in [4.69, 9.17) is 22.1 Å². The van der Waals surface area contributed by atoms with Crippen LogP contribution in [0.5, 0.6) is 0 Å². The zero-order valence-corrected chi connectivity index (χ0v) is 18.1. The zero-order chi connectivity index (χ0) is 22.1. The Bertz CT molecular complexity index is 1090. The van der Waals surface area contributed by atoms with E-state index in [-0.39, 0.29) is 17.3 Å². The Morgan fingerprint density at radius 3 is 3.03 bits per heavy atom. The van der Waals surface area contributed by atoms with Crippen LogP contribution in [0.2, 0.25) is 5.02 Å². The molecule has 0 spiro atoms. The number of ether oxygens (including phenoxy) is 1. The van der Waals surface area contributed by atoms with E-state index >= 15 is 0 Å². The molecule has 3 aromatic rings. The monoisotopic (exact) mass is 467 g/mol. The van der Waals surface area contributed by atoms with E-state index in [1.807, 2.05) is 0 Å². The van der Waals surface area contributed by atoms with Crippen molar-refractivity contribution >= 4 is 34.5 Å². The van der Waals surface area contributed by atoms with Crippen LogP contribution in [0.15, 0.2) is 29.8 Å². The van der Waals surface area contributed by atoms with E-state index in [2.05, 4.69) is 15.4 Å². The molecule has 1 fully saturated rings. The molecule has 0 radical (unpaired) electrons. The van der Waals surface area contributed by atoms with Gasteiger partial charge in [0, 0.05) is 24.0 Å². The number of halogens is 3. The Morgan fingerprint density at radius 1 is 1.42 bits per heavy atom. The molecule has 1 aliphatic rings. The number of rotatable bonds is 4. The summed E-state index contributed by atoms with van der Waals surface area (Å²) in [6, 6.07) is 3.83. The van der Waals surface area contributed by atoms with E-state index in [9.17, 15) is 13.6 Å². The SMILES string of the molecule is Cn1ncc(NC(=O)c2csc(-c3cccc(F)c3Cl)n2)c1[C@@H]1CC[C@@H](N)[C@@H](F)CO1. The van der Waals surface area contributed by atoms with Crippen molar-refractivity contribution in [3.8, 4) is 10.6 Å². The first-order valence-corrected chi connectivity index (χ1v) is 10.8. The number of thiazole rings is 1. The number of nitrogens with two attached hydrogens (primary N) is 1. The van der Waals surface area contributed by atoms with Gasteiger partial charge in [0.05, 0.1) is 29.2 Å². The molecule has 2 aromatic heterocycles. The third kappa shape index (κ3) is 4.47. The highest BCUT2D eigenvalue weighted by atomic mass is 35.5. The molecule has 1 aromatic carbocycles. The summed E-state index contributed by atoms with van der Waals surface area (Å²) in [5.74, 6) is -1.02. The van der Waals surface area contributed by atoms with Crippen molar-refractivity contribution in [3.05, 3.63) is 52.0 Å². The molecule has 0 bridgehead atoms. The van der Waals surface area contributed by atoms with Crippen LogP contribution < -0.4 is 11.1 Å². The molecular formula is C20H20ClF2N5O2S. The lowest BCUT2D eigenvalue weighted by atomic mass is 10.0. The summed E-state index contributed by atoms with van der Waals surface area (Å²) in [6.45, 7) is -0.117. The molecule has 3 atom stereocenters. The van der Waals surface area contributed by atoms with Gasteiger partial charge in [-0.3, -0.25) is 9.48 Å². The first-order chi connectivity index (χ1) is 14.8. The molecule has 1 aliphatic heterocycles. The van der Waals surface area contributed by atoms with E-state index in [0.717, 1.165) is 0 Å². The number of carbonyl (C=O) groups is 1. The molecule has 1 amide bonds. The standard InChI is InChI=1S/C20H20ClF2N5O2S/c1-28-18(16-6-5-13(24)12(23)8-30-16)14(7-25-28)26-19(29)15-9-31-20(27-15)10-3-2-4-11(22)17(10)21/h2-4,7,9,12-13,16H,5-6,8,24H2,1H3,(H,26,29)/t12-,13+,16-/m0/s1. The topological polar surface area (TPSA) is 95.1 Å². The van der Waals surface area contributed by atoms with Crippen LogP contribution >= 0.6 is 22.9 Å². The predicted octanol–water partition coefficient (Wildman–Crippen LogP) is 4.11. The van der Waals surface area contributed by atoms with Crippen LogP contribution in [0.4, 0.5) is 14.5 Å². The first kappa shape index (κ1) is 21.8. The van der Waals surface area contributed by atoms with Gasteiger partial charge in [0.15, 0.2) is 0 Å². The Kier molecular flexibility index (Phi) is 6.33. The molecule has 3 heterocycles. The van der Waals surface area contributed by atoms with Crippen LogP contribution in [0.25, 0.3) is 10.6 Å². The Labute approximate surface area is 186 Å². The first-order valence-electron chi connectivity index (χ1n) is 9.59. The summed E-state index contributed by atoms with van der Waals surface area (Å²) in [7, 11) is 1.72. The summed E-state index contributed by atoms with van der Waals surface area (Å²) in [5, 5.41) is 8.94. The average Bonchev–Trinajstić information content (AvgIpc) is 3.33. The van der Waals surface area contributed by atoms with Crippen LogP contribution in [0.3, 0.4) is 0 Å². The maximum atomic E-state index is 13.9. The molecule has 164 valence electrons. The van der Waals surface area contributed by atoms with Crippen LogP contribution in [-0.2, 0) is 11.8 Å². The van der Waals surface area contributed by atoms with Crippen molar-refractivity contribution in [1.82, 2.24) is 14.8 Å². The lowest BCUT2D eigenvalue weighted by Crippen LogP contribution is -2.32. The Morgan fingerprint density at radius 2 is 2.23 bits per heavy atom. The number of nitrogens with one attached hydrogen (secondary N) is 1. The van der Waals surface area contributed by atoms with Crippen molar-refractivity contribution in [2.24, 2.45) is 12.8 Å². The van der Waals surface area contributed by atoms with E-state index in [0.29, 0.717) is 34.8 Å². The van der Waals surface area contributed by atoms with Gasteiger partial charge in [-0.2, -0.15) is 5.10 Å². The van der Waals surface area contributed by atoms with Gasteiger partial charge < -0.3 is 15.8 Å². The molecule has 4 rings (SSSR count). The Hall–Kier alpha value is -2.40. The number of alkyl halides is 1. The number of nitrogens with zero attached hydrogens (tertiary/aromatic N) is 3. The van der Waals surface area contributed by atoms with Crippen molar-refractivity contribution in [2.45, 2.75) is 31.2 Å². The van der Waals surface area contributed by atoms with Gasteiger partial charge in [-0.25, -0.2) is 13.8 Å². The molecular weight excluding hydrogens is 448 g/mol. The lowest BCUT2D eigenvalue weighted by Gasteiger charge is -2.17. The number of anilines is 1. The largest absolute Gasteiger partial charge is 0.369 e. The van der Waals surface area contributed by atoms with Crippen LogP contribution in [-0.4, -0.2) is 39.5 Å². The van der Waals surface area contributed by atoms with Gasteiger partial charge >= 0.3 is 0 Å². The Balaban J connectivity index is 1.54. The van der Waals surface area contributed by atoms with Crippen LogP contribution in [0, 0.1) is 5.82 Å². The zero-order valence-electron chi connectivity index (χ0n) is 16.5. The normalized spacial score (nSPS) is 21.6. The number of carbonyl (C=O) groups excluding carboxylic acids is 1. The maximum absolute atomic E-state index is 13.9. The third-order valence-electron chi connectivity index (χ3n) is 5.14. The van der Waals surface area contributed by atoms with Crippen molar-refractivity contribution < 1.29 is 18.3 Å². The number of hydrogen-bond acceptors (Lipinski definition) is 6. The van der Waals surface area contributed by atoms with E-state index in [1.165, 1.54) is 29.7 Å². The molecule has 7 nitrogen and oxygen atoms in total. The summed E-state index contributed by atoms with van der Waals surface area (Å²) in [4.78, 5) is 17.1. The summed E-state index contributed by atoms with van der Waals surface area (Å²) >= 11 is 7.20. The third-order valence-corrected chi connectivity index (χ3v) is 6.40. The minimum absolute atomic E-state index is 0.0479. The molecule has 0 unspecified atom stereocenters. The number of amides is 1. The molecule has 31 heavy (non-hydrogen) atoms. The second-order valence-electron chi connectivity index (χ2n) is 7.24. The summed E-state index contributed by atoms with van der Waals surface area (Å²) in [5.41, 5.74) is 7.45. The second-order valence-corrected chi connectivity index (χ2v) is 8.48. The van der Waals surface area contributed by atoms with Crippen molar-refractivity contribution in [2.75, 3.05) is 11.9 Å². The van der Waals surface area contributed by atoms with Gasteiger partial charge in [0.2, 0.25) is 0 Å². The fraction of sp³-hybridized carbons (Fsp3) is 0.350. The van der Waals surface area contributed by atoms with Gasteiger partial charge in [0.25, 0.3) is 5.91 Å². The second kappa shape index (κ2) is 8.99. The van der Waals surface area contributed by atoms with E-state index < -0.39 is 30.0 Å². The molecule has 3 N–H and O–H groups in total. The highest BCUT2D eigenvalue weighted by Crippen LogP contribution is 2.34. The predicted molar refractivity (Wildman–Crippen MR) is 114 cm³/mol. The van der Waals surface area contributed by atoms with Crippen molar-refractivity contribution in [3.63, 3.8) is 0 Å². The summed E-state index contributed by atoms with van der Waals surface area (Å²) < 4.78 is 34.9. The highest BCUT2D eigenvalue weighted by Gasteiger charge is 2.30. The summed E-state index contributed by atoms with van der Waals surface area (Å²) in [6.07, 6.45) is 0.772. The van der Waals surface area contributed by atoms with Gasteiger partial charge in [0.1, 0.15) is 28.8 Å². The molecule has 11 heteroatoms. The highest BCUT2D eigenvalue weighted by molar-refractivity contribution is 7.13. The van der Waals surface area contributed by atoms with Gasteiger partial charge in [-0.1, -0.05) is 23.7 Å². The molecule has 1 saturated heterocycles. The lowest BCUT2D eigenvalue weighted by molar-refractivity contribution is 0.0247. The van der Waals surface area contributed by atoms with Gasteiger partial charge in [-0.15, -0.1) is 11.3 Å². The fourth-order valence-corrected chi connectivity index (χ4v) is 4.54. The van der Waals surface area contributed by atoms with Gasteiger partial charge in [-0.05, 0) is 18.9 Å². The minimum atomic E-state index is -1.24. The van der Waals surface area contributed by atoms with Crippen LogP contribution in [0.1, 0.15) is 35.1 Å². The smallest absolute Gasteiger partial charge is 0.275 e. The molecule has 0 aliphatic carbocycles. The minimum Gasteiger partial charge on any atom is -0.369 e. The number of hydrogen-bond donors (Lipinski definition) is 2. The van der Waals surface area contributed by atoms with Crippen molar-refractivity contribution in [1.29, 1.82) is 0 Å². The number of aryl methyl sites for hydroxylation is 1. The number of aromatic nitrogens is 3.